The summed E-state index contributed by atoms with van der Waals surface area (Å²) in [5.41, 5.74) is 3.44. The van der Waals surface area contributed by atoms with Crippen LogP contribution < -0.4 is 4.90 Å². The van der Waals surface area contributed by atoms with Crippen molar-refractivity contribution in [3.63, 3.8) is 0 Å². The summed E-state index contributed by atoms with van der Waals surface area (Å²) in [6, 6.07) is 15.2. The lowest BCUT2D eigenvalue weighted by Gasteiger charge is -2.37. The number of amides is 1. The molecule has 0 radical (unpaired) electrons. The molecule has 1 saturated heterocycles. The number of piperazine rings is 1. The van der Waals surface area contributed by atoms with Crippen LogP contribution in [0.2, 0.25) is 0 Å². The molecular weight excluding hydrogens is 358 g/mol. The molecule has 0 bridgehead atoms. The van der Waals surface area contributed by atoms with Crippen molar-refractivity contribution >= 4 is 34.6 Å². The number of phenolic OH excluding ortho intramolecular Hbond substituents is 1. The highest BCUT2D eigenvalue weighted by molar-refractivity contribution is 8.18. The third kappa shape index (κ3) is 3.85. The second kappa shape index (κ2) is 7.48. The van der Waals surface area contributed by atoms with Crippen molar-refractivity contribution < 1.29 is 9.90 Å². The minimum atomic E-state index is -0.190. The monoisotopic (exact) mass is 379 g/mol. The van der Waals surface area contributed by atoms with Crippen molar-refractivity contribution in [1.82, 2.24) is 4.90 Å². The lowest BCUT2D eigenvalue weighted by molar-refractivity contribution is -0.113. The summed E-state index contributed by atoms with van der Waals surface area (Å²) in [6.45, 7) is 5.66. The van der Waals surface area contributed by atoms with Gasteiger partial charge < -0.3 is 14.9 Å². The van der Waals surface area contributed by atoms with E-state index in [1.54, 1.807) is 24.3 Å². The van der Waals surface area contributed by atoms with Crippen LogP contribution in [0.3, 0.4) is 0 Å². The molecule has 4 rings (SSSR count). The zero-order valence-electron chi connectivity index (χ0n) is 15.1. The molecule has 5 nitrogen and oxygen atoms in total. The molecule has 0 aromatic heterocycles. The molecule has 27 heavy (non-hydrogen) atoms. The Hall–Kier alpha value is -2.73. The lowest BCUT2D eigenvalue weighted by atomic mass is 10.1. The van der Waals surface area contributed by atoms with E-state index < -0.39 is 0 Å². The number of amidine groups is 1. The van der Waals surface area contributed by atoms with Crippen LogP contribution in [0.15, 0.2) is 58.4 Å². The van der Waals surface area contributed by atoms with E-state index in [1.807, 2.05) is 6.08 Å². The van der Waals surface area contributed by atoms with Crippen LogP contribution in [0.4, 0.5) is 5.69 Å². The molecule has 1 amide bonds. The van der Waals surface area contributed by atoms with Gasteiger partial charge in [-0.3, -0.25) is 4.79 Å². The zero-order chi connectivity index (χ0) is 18.8. The van der Waals surface area contributed by atoms with E-state index in [0.29, 0.717) is 4.91 Å². The summed E-state index contributed by atoms with van der Waals surface area (Å²) < 4.78 is 0. The molecule has 0 aliphatic carbocycles. The number of para-hydroxylation sites is 1. The average Bonchev–Trinajstić information content (AvgIpc) is 3.05. The van der Waals surface area contributed by atoms with Gasteiger partial charge in [-0.2, -0.15) is 4.99 Å². The van der Waals surface area contributed by atoms with Crippen molar-refractivity contribution in [1.29, 1.82) is 0 Å². The topological polar surface area (TPSA) is 56.1 Å². The van der Waals surface area contributed by atoms with Crippen molar-refractivity contribution in [2.24, 2.45) is 4.99 Å². The fourth-order valence-electron chi connectivity index (χ4n) is 3.31. The van der Waals surface area contributed by atoms with Gasteiger partial charge in [-0.1, -0.05) is 30.3 Å². The molecule has 1 N–H and O–H groups in total. The van der Waals surface area contributed by atoms with Gasteiger partial charge in [0.2, 0.25) is 0 Å². The highest BCUT2D eigenvalue weighted by atomic mass is 32.2. The number of phenols is 1. The highest BCUT2D eigenvalue weighted by Gasteiger charge is 2.28. The Kier molecular flexibility index (Phi) is 4.90. The predicted molar refractivity (Wildman–Crippen MR) is 111 cm³/mol. The van der Waals surface area contributed by atoms with Gasteiger partial charge in [0, 0.05) is 31.9 Å². The molecule has 6 heteroatoms. The molecule has 0 saturated carbocycles. The van der Waals surface area contributed by atoms with E-state index in [2.05, 4.69) is 46.0 Å². The van der Waals surface area contributed by atoms with E-state index in [9.17, 15) is 9.90 Å². The van der Waals surface area contributed by atoms with Crippen molar-refractivity contribution in [2.75, 3.05) is 31.1 Å². The number of hydrogen-bond acceptors (Lipinski definition) is 5. The van der Waals surface area contributed by atoms with Crippen molar-refractivity contribution in [3.05, 3.63) is 64.6 Å². The normalized spacial score (nSPS) is 18.9. The number of aryl methyl sites for hydroxylation is 1. The number of thioether (sulfide) groups is 1. The first kappa shape index (κ1) is 17.7. The van der Waals surface area contributed by atoms with E-state index in [4.69, 9.17) is 0 Å². The van der Waals surface area contributed by atoms with E-state index in [-0.39, 0.29) is 11.7 Å². The van der Waals surface area contributed by atoms with Gasteiger partial charge in [0.25, 0.3) is 5.91 Å². The number of aromatic hydroxyl groups is 1. The van der Waals surface area contributed by atoms with Gasteiger partial charge >= 0.3 is 0 Å². The minimum Gasteiger partial charge on any atom is -0.508 e. The van der Waals surface area contributed by atoms with Crippen molar-refractivity contribution in [3.8, 4) is 5.75 Å². The smallest absolute Gasteiger partial charge is 0.286 e. The van der Waals surface area contributed by atoms with Gasteiger partial charge in [-0.05, 0) is 54.1 Å². The summed E-state index contributed by atoms with van der Waals surface area (Å²) in [6.07, 6.45) is 1.83. The quantitative estimate of drug-likeness (QED) is 0.810. The number of benzene rings is 2. The Balaban J connectivity index is 1.41. The maximum Gasteiger partial charge on any atom is 0.286 e. The lowest BCUT2D eigenvalue weighted by Crippen LogP contribution is -2.48. The summed E-state index contributed by atoms with van der Waals surface area (Å²) >= 11 is 1.43. The molecule has 0 spiro atoms. The van der Waals surface area contributed by atoms with E-state index in [1.165, 1.54) is 23.0 Å². The molecular formula is C21H21N3O2S. The first-order valence-electron chi connectivity index (χ1n) is 8.97. The number of nitrogens with zero attached hydrogens (tertiary/aromatic N) is 3. The third-order valence-electron chi connectivity index (χ3n) is 4.81. The molecule has 2 aromatic carbocycles. The fourth-order valence-corrected chi connectivity index (χ4v) is 4.28. The van der Waals surface area contributed by atoms with Gasteiger partial charge in [0.1, 0.15) is 5.75 Å². The van der Waals surface area contributed by atoms with Crippen LogP contribution in [0.5, 0.6) is 5.75 Å². The number of hydrogen-bond donors (Lipinski definition) is 1. The Morgan fingerprint density at radius 1 is 1.00 bits per heavy atom. The number of rotatable bonds is 2. The number of aliphatic imine (C=N–C) groups is 1. The predicted octanol–water partition coefficient (Wildman–Crippen LogP) is 3.49. The highest BCUT2D eigenvalue weighted by Crippen LogP contribution is 2.31. The minimum absolute atomic E-state index is 0.190. The summed E-state index contributed by atoms with van der Waals surface area (Å²) in [4.78, 5) is 21.7. The summed E-state index contributed by atoms with van der Waals surface area (Å²) in [7, 11) is 0. The summed E-state index contributed by atoms with van der Waals surface area (Å²) in [5, 5.41) is 10.2. The van der Waals surface area contributed by atoms with Gasteiger partial charge in [-0.25, -0.2) is 0 Å². The van der Waals surface area contributed by atoms with E-state index >= 15 is 0 Å². The summed E-state index contributed by atoms with van der Waals surface area (Å²) in [5.74, 6) is 0.0235. The molecule has 0 unspecified atom stereocenters. The molecule has 2 aliphatic heterocycles. The first-order valence-corrected chi connectivity index (χ1v) is 9.79. The van der Waals surface area contributed by atoms with Crippen LogP contribution >= 0.6 is 11.8 Å². The number of carbonyl (C=O) groups excluding carboxylic acids is 1. The maximum absolute atomic E-state index is 12.3. The Bertz CT molecular complexity index is 913. The fraction of sp³-hybridized carbons (Fsp3) is 0.238. The largest absolute Gasteiger partial charge is 0.508 e. The van der Waals surface area contributed by atoms with Crippen LogP contribution in [0.1, 0.15) is 11.1 Å². The van der Waals surface area contributed by atoms with Gasteiger partial charge in [0.15, 0.2) is 5.17 Å². The number of carbonyl (C=O) groups is 1. The molecule has 0 atom stereocenters. The SMILES string of the molecule is Cc1ccccc1N1CCN(C2=NC(=O)/C(=C/c3ccc(O)cc3)S2)CC1. The van der Waals surface area contributed by atoms with Crippen LogP contribution in [0, 0.1) is 6.92 Å². The zero-order valence-corrected chi connectivity index (χ0v) is 15.9. The Labute approximate surface area is 163 Å². The van der Waals surface area contributed by atoms with Crippen molar-refractivity contribution in [2.45, 2.75) is 6.92 Å². The first-order chi connectivity index (χ1) is 13.1. The molecule has 2 aromatic rings. The Morgan fingerprint density at radius 2 is 1.67 bits per heavy atom. The van der Waals surface area contributed by atoms with Crippen LogP contribution in [0.25, 0.3) is 6.08 Å². The number of anilines is 1. The van der Waals surface area contributed by atoms with Crippen LogP contribution in [-0.2, 0) is 4.79 Å². The second-order valence-corrected chi connectivity index (χ2v) is 7.67. The molecule has 138 valence electrons. The molecule has 2 heterocycles. The third-order valence-corrected chi connectivity index (χ3v) is 5.85. The molecule has 2 aliphatic rings. The Morgan fingerprint density at radius 3 is 2.37 bits per heavy atom. The standard InChI is InChI=1S/C21H21N3O2S/c1-15-4-2-3-5-18(15)23-10-12-24(13-11-23)21-22-20(26)19(27-21)14-16-6-8-17(25)9-7-16/h2-9,14,25H,10-13H2,1H3/b19-14-. The van der Waals surface area contributed by atoms with Crippen LogP contribution in [-0.4, -0.2) is 47.3 Å². The second-order valence-electron chi connectivity index (χ2n) is 6.66. The average molecular weight is 379 g/mol. The maximum atomic E-state index is 12.3. The van der Waals surface area contributed by atoms with Gasteiger partial charge in [0.05, 0.1) is 4.91 Å². The van der Waals surface area contributed by atoms with Gasteiger partial charge in [-0.15, -0.1) is 0 Å². The van der Waals surface area contributed by atoms with E-state index in [0.717, 1.165) is 36.9 Å². The molecule has 1 fully saturated rings.